The molecule has 1 aliphatic rings. The van der Waals surface area contributed by atoms with E-state index in [0.717, 1.165) is 36.3 Å². The fourth-order valence-corrected chi connectivity index (χ4v) is 2.77. The Morgan fingerprint density at radius 3 is 2.86 bits per heavy atom. The molecule has 2 aromatic heterocycles. The van der Waals surface area contributed by atoms with Crippen molar-refractivity contribution in [2.45, 2.75) is 25.8 Å². The molecule has 1 aliphatic heterocycles. The molecule has 2 aromatic rings. The van der Waals surface area contributed by atoms with Crippen molar-refractivity contribution >= 4 is 21.7 Å². The van der Waals surface area contributed by atoms with Gasteiger partial charge < -0.3 is 14.6 Å². The van der Waals surface area contributed by atoms with E-state index in [4.69, 9.17) is 9.26 Å². The van der Waals surface area contributed by atoms with Crippen molar-refractivity contribution in [2.75, 3.05) is 18.5 Å². The van der Waals surface area contributed by atoms with Crippen molar-refractivity contribution in [1.29, 1.82) is 0 Å². The molecule has 3 rings (SSSR count). The number of rotatable bonds is 4. The largest absolute Gasteiger partial charge is 0.381 e. The fraction of sp³-hybridized carbons (Fsp3) is 0.538. The van der Waals surface area contributed by atoms with Crippen LogP contribution in [0.5, 0.6) is 0 Å². The quantitative estimate of drug-likeness (QED) is 0.903. The highest BCUT2D eigenvalue weighted by Crippen LogP contribution is 2.33. The Balaban J connectivity index is 1.86. The van der Waals surface area contributed by atoms with Crippen molar-refractivity contribution in [3.63, 3.8) is 0 Å². The Morgan fingerprint density at radius 2 is 2.19 bits per heavy atom. The van der Waals surface area contributed by atoms with Crippen LogP contribution in [0.15, 0.2) is 21.5 Å². The number of ether oxygens (including phenoxy) is 1. The molecule has 0 radical (unpaired) electrons. The van der Waals surface area contributed by atoms with E-state index in [2.05, 4.69) is 41.4 Å². The Hall–Kier alpha value is -1.54. The zero-order chi connectivity index (χ0) is 14.7. The van der Waals surface area contributed by atoms with E-state index in [1.54, 1.807) is 6.20 Å². The molecule has 1 saturated heterocycles. The van der Waals surface area contributed by atoms with E-state index in [1.807, 2.05) is 6.92 Å². The summed E-state index contributed by atoms with van der Waals surface area (Å²) in [5.74, 6) is 2.30. The van der Waals surface area contributed by atoms with Crippen LogP contribution < -0.4 is 5.32 Å². The number of aryl methyl sites for hydroxylation is 1. The number of anilines is 1. The minimum atomic E-state index is -0.0821. The molecule has 1 N–H and O–H groups in total. The molecule has 3 heterocycles. The molecule has 8 heteroatoms. The second-order valence-corrected chi connectivity index (χ2v) is 5.83. The van der Waals surface area contributed by atoms with Crippen molar-refractivity contribution in [3.8, 4) is 0 Å². The van der Waals surface area contributed by atoms with Gasteiger partial charge in [0.15, 0.2) is 5.82 Å². The minimum Gasteiger partial charge on any atom is -0.381 e. The van der Waals surface area contributed by atoms with Crippen LogP contribution >= 0.6 is 15.9 Å². The third-order valence-electron chi connectivity index (χ3n) is 3.51. The van der Waals surface area contributed by atoms with E-state index in [1.165, 1.54) is 6.33 Å². The van der Waals surface area contributed by atoms with Gasteiger partial charge in [0.25, 0.3) is 0 Å². The first-order chi connectivity index (χ1) is 10.2. The fourth-order valence-electron chi connectivity index (χ4n) is 2.44. The lowest BCUT2D eigenvalue weighted by atomic mass is 9.91. The maximum absolute atomic E-state index is 5.44. The number of nitrogens with one attached hydrogen (secondary N) is 1. The van der Waals surface area contributed by atoms with Gasteiger partial charge in [-0.15, -0.1) is 0 Å². The van der Waals surface area contributed by atoms with Gasteiger partial charge in [0.1, 0.15) is 18.2 Å². The summed E-state index contributed by atoms with van der Waals surface area (Å²) in [6, 6.07) is -0.0821. The van der Waals surface area contributed by atoms with E-state index >= 15 is 0 Å². The highest BCUT2D eigenvalue weighted by Gasteiger charge is 2.30. The number of halogens is 1. The lowest BCUT2D eigenvalue weighted by molar-refractivity contribution is 0.0570. The van der Waals surface area contributed by atoms with Gasteiger partial charge in [0.05, 0.1) is 4.47 Å². The van der Waals surface area contributed by atoms with E-state index < -0.39 is 0 Å². The number of aromatic nitrogens is 4. The zero-order valence-corrected chi connectivity index (χ0v) is 13.2. The second kappa shape index (κ2) is 6.48. The molecular formula is C13H16BrN5O2. The van der Waals surface area contributed by atoms with Gasteiger partial charge in [0.2, 0.25) is 5.89 Å². The maximum Gasteiger partial charge on any atom is 0.249 e. The zero-order valence-electron chi connectivity index (χ0n) is 11.6. The first-order valence-electron chi connectivity index (χ1n) is 6.84. The van der Waals surface area contributed by atoms with Crippen LogP contribution in [0.1, 0.15) is 30.6 Å². The molecule has 0 spiro atoms. The second-order valence-electron chi connectivity index (χ2n) is 4.97. The van der Waals surface area contributed by atoms with Crippen molar-refractivity contribution < 1.29 is 9.26 Å². The van der Waals surface area contributed by atoms with E-state index in [9.17, 15) is 0 Å². The van der Waals surface area contributed by atoms with Gasteiger partial charge >= 0.3 is 0 Å². The molecule has 0 aliphatic carbocycles. The molecule has 1 atom stereocenters. The van der Waals surface area contributed by atoms with Gasteiger partial charge in [-0.3, -0.25) is 0 Å². The van der Waals surface area contributed by atoms with Crippen LogP contribution in [0.2, 0.25) is 0 Å². The van der Waals surface area contributed by atoms with Crippen LogP contribution in [-0.2, 0) is 4.74 Å². The number of hydrogen-bond acceptors (Lipinski definition) is 7. The summed E-state index contributed by atoms with van der Waals surface area (Å²) in [6.07, 6.45) is 5.10. The maximum atomic E-state index is 5.44. The average molecular weight is 354 g/mol. The topological polar surface area (TPSA) is 86.0 Å². The van der Waals surface area contributed by atoms with Gasteiger partial charge in [-0.2, -0.15) is 4.98 Å². The minimum absolute atomic E-state index is 0.0821. The summed E-state index contributed by atoms with van der Waals surface area (Å²) >= 11 is 3.45. The van der Waals surface area contributed by atoms with Crippen LogP contribution in [0.4, 0.5) is 5.82 Å². The first-order valence-corrected chi connectivity index (χ1v) is 7.63. The van der Waals surface area contributed by atoms with Crippen molar-refractivity contribution in [2.24, 2.45) is 5.92 Å². The third-order valence-corrected chi connectivity index (χ3v) is 4.09. The Labute approximate surface area is 130 Å². The standard InChI is InChI=1S/C13H16BrN5O2/c1-8-17-13(21-19-8)11(9-2-4-20-5-3-9)18-12-10(14)6-15-7-16-12/h6-7,9,11H,2-5H2,1H3,(H,15,16,18)/t11-/m1/s1. The van der Waals surface area contributed by atoms with Crippen LogP contribution in [0.3, 0.4) is 0 Å². The number of hydrogen-bond donors (Lipinski definition) is 1. The normalized spacial score (nSPS) is 17.6. The highest BCUT2D eigenvalue weighted by atomic mass is 79.9. The molecule has 0 saturated carbocycles. The summed E-state index contributed by atoms with van der Waals surface area (Å²) in [6.45, 7) is 3.32. The molecule has 0 bridgehead atoms. The van der Waals surface area contributed by atoms with Gasteiger partial charge in [0, 0.05) is 19.4 Å². The Kier molecular flexibility index (Phi) is 4.45. The molecule has 1 fully saturated rings. The Morgan fingerprint density at radius 1 is 1.38 bits per heavy atom. The molecule has 21 heavy (non-hydrogen) atoms. The molecule has 0 amide bonds. The molecule has 7 nitrogen and oxygen atoms in total. The van der Waals surface area contributed by atoms with Gasteiger partial charge in [-0.05, 0) is 41.6 Å². The SMILES string of the molecule is Cc1noc([C@H](Nc2ncncc2Br)C2CCOCC2)n1. The van der Waals surface area contributed by atoms with Crippen molar-refractivity contribution in [1.82, 2.24) is 20.1 Å². The van der Waals surface area contributed by atoms with E-state index in [-0.39, 0.29) is 6.04 Å². The summed E-state index contributed by atoms with van der Waals surface area (Å²) in [5, 5.41) is 7.29. The highest BCUT2D eigenvalue weighted by molar-refractivity contribution is 9.10. The predicted octanol–water partition coefficient (Wildman–Crippen LogP) is 2.51. The predicted molar refractivity (Wildman–Crippen MR) is 78.7 cm³/mol. The van der Waals surface area contributed by atoms with E-state index in [0.29, 0.717) is 17.6 Å². The lowest BCUT2D eigenvalue weighted by Gasteiger charge is -2.29. The van der Waals surface area contributed by atoms with Gasteiger partial charge in [-0.1, -0.05) is 5.16 Å². The molecular weight excluding hydrogens is 338 g/mol. The third kappa shape index (κ3) is 3.38. The summed E-state index contributed by atoms with van der Waals surface area (Å²) in [5.41, 5.74) is 0. The summed E-state index contributed by atoms with van der Waals surface area (Å²) in [7, 11) is 0. The first kappa shape index (κ1) is 14.4. The molecule has 0 aromatic carbocycles. The Bertz CT molecular complexity index is 600. The summed E-state index contributed by atoms with van der Waals surface area (Å²) < 4.78 is 11.6. The van der Waals surface area contributed by atoms with Crippen molar-refractivity contribution in [3.05, 3.63) is 28.7 Å². The summed E-state index contributed by atoms with van der Waals surface area (Å²) in [4.78, 5) is 12.6. The van der Waals surface area contributed by atoms with Crippen LogP contribution in [0, 0.1) is 12.8 Å². The van der Waals surface area contributed by atoms with Gasteiger partial charge in [-0.25, -0.2) is 9.97 Å². The van der Waals surface area contributed by atoms with Crippen LogP contribution in [0.25, 0.3) is 0 Å². The molecule has 0 unspecified atom stereocenters. The smallest absolute Gasteiger partial charge is 0.249 e. The monoisotopic (exact) mass is 353 g/mol. The lowest BCUT2D eigenvalue weighted by Crippen LogP contribution is -2.27. The molecule has 112 valence electrons. The van der Waals surface area contributed by atoms with Crippen LogP contribution in [-0.4, -0.2) is 33.3 Å². The average Bonchev–Trinajstić information content (AvgIpc) is 2.93. The number of nitrogens with zero attached hydrogens (tertiary/aromatic N) is 4.